The minimum absolute atomic E-state index is 0.0457. The smallest absolute Gasteiger partial charge is 0.0358 e. The van der Waals surface area contributed by atoms with Gasteiger partial charge in [0.25, 0.3) is 0 Å². The molecule has 0 aliphatic heterocycles. The zero-order valence-corrected chi connectivity index (χ0v) is 26.4. The molecular weight excluding hydrogens is 549 g/mol. The first-order chi connectivity index (χ1) is 21.7. The topological polar surface area (TPSA) is 0 Å². The van der Waals surface area contributed by atoms with E-state index in [2.05, 4.69) is 123 Å². The molecule has 8 aromatic rings. The van der Waals surface area contributed by atoms with Crippen LogP contribution in [-0.4, -0.2) is 0 Å². The van der Waals surface area contributed by atoms with E-state index in [1.807, 2.05) is 11.3 Å². The van der Waals surface area contributed by atoms with E-state index in [0.717, 1.165) is 0 Å². The lowest BCUT2D eigenvalue weighted by atomic mass is 9.70. The van der Waals surface area contributed by atoms with Crippen LogP contribution < -0.4 is 0 Å². The standard InChI is InChI=1S/C43H36S/c1-3-5-23-43(24-6-4-2)36-22-21-32-29-15-9-10-17-31(29)40-28-14-8-7-13-27(28)19-20-33(40)41(32)42(36)35-25-34-30-16-11-12-18-38(30)44-39(34)26-37(35)43/h7-22,25-26H,3-6,23-24H2,1-2H3. The lowest BCUT2D eigenvalue weighted by molar-refractivity contribution is 0.415. The number of unbranched alkanes of at least 4 members (excludes halogenated alkanes) is 2. The summed E-state index contributed by atoms with van der Waals surface area (Å²) < 4.78 is 2.82. The average Bonchev–Trinajstić information content (AvgIpc) is 3.57. The second kappa shape index (κ2) is 9.91. The SMILES string of the molecule is CCCCC1(CCCC)c2cc3sc4ccccc4c3cc2-c2c1ccc1c3ccccc3c3c4ccccc4ccc3c21. The maximum Gasteiger partial charge on any atom is 0.0358 e. The fourth-order valence-electron chi connectivity index (χ4n) is 8.63. The molecular formula is C43H36S. The Hall–Kier alpha value is -4.20. The van der Waals surface area contributed by atoms with Crippen molar-refractivity contribution in [2.75, 3.05) is 0 Å². The van der Waals surface area contributed by atoms with Gasteiger partial charge in [0.1, 0.15) is 0 Å². The van der Waals surface area contributed by atoms with Crippen molar-refractivity contribution < 1.29 is 0 Å². The summed E-state index contributed by atoms with van der Waals surface area (Å²) in [5, 5.41) is 13.8. The number of benzene rings is 7. The number of rotatable bonds is 6. The van der Waals surface area contributed by atoms with E-state index in [9.17, 15) is 0 Å². The van der Waals surface area contributed by atoms with E-state index in [4.69, 9.17) is 0 Å². The normalized spacial score (nSPS) is 14.0. The Bertz CT molecular complexity index is 2410. The van der Waals surface area contributed by atoms with Crippen LogP contribution in [0.2, 0.25) is 0 Å². The third-order valence-electron chi connectivity index (χ3n) is 10.6. The molecule has 0 saturated carbocycles. The maximum absolute atomic E-state index is 2.62. The molecule has 1 aliphatic carbocycles. The predicted octanol–water partition coefficient (Wildman–Crippen LogP) is 13.3. The fourth-order valence-corrected chi connectivity index (χ4v) is 9.76. The highest BCUT2D eigenvalue weighted by molar-refractivity contribution is 7.25. The molecule has 0 nitrogen and oxygen atoms in total. The van der Waals surface area contributed by atoms with E-state index >= 15 is 0 Å². The zero-order chi connectivity index (χ0) is 29.4. The molecule has 1 aliphatic rings. The van der Waals surface area contributed by atoms with Crippen LogP contribution in [0.3, 0.4) is 0 Å². The molecule has 44 heavy (non-hydrogen) atoms. The van der Waals surface area contributed by atoms with Crippen molar-refractivity contribution in [3.8, 4) is 11.1 Å². The maximum atomic E-state index is 2.62. The van der Waals surface area contributed by atoms with Gasteiger partial charge < -0.3 is 0 Å². The summed E-state index contributed by atoms with van der Waals surface area (Å²) in [6, 6.07) is 42.0. The third-order valence-corrected chi connectivity index (χ3v) is 11.8. The first kappa shape index (κ1) is 26.2. The van der Waals surface area contributed by atoms with Gasteiger partial charge in [-0.25, -0.2) is 0 Å². The van der Waals surface area contributed by atoms with Crippen LogP contribution in [0.4, 0.5) is 0 Å². The molecule has 0 atom stereocenters. The van der Waals surface area contributed by atoms with Crippen molar-refractivity contribution in [3.63, 3.8) is 0 Å². The van der Waals surface area contributed by atoms with Gasteiger partial charge >= 0.3 is 0 Å². The summed E-state index contributed by atoms with van der Waals surface area (Å²) >= 11 is 1.96. The fraction of sp³-hybridized carbons (Fsp3) is 0.209. The Labute approximate surface area is 262 Å². The van der Waals surface area contributed by atoms with Crippen LogP contribution >= 0.6 is 11.3 Å². The van der Waals surface area contributed by atoms with Crippen LogP contribution in [-0.2, 0) is 5.41 Å². The Morgan fingerprint density at radius 3 is 1.95 bits per heavy atom. The van der Waals surface area contributed by atoms with Crippen LogP contribution in [0.5, 0.6) is 0 Å². The molecule has 7 aromatic carbocycles. The van der Waals surface area contributed by atoms with E-state index < -0.39 is 0 Å². The molecule has 9 rings (SSSR count). The minimum Gasteiger partial charge on any atom is -0.135 e. The largest absolute Gasteiger partial charge is 0.135 e. The van der Waals surface area contributed by atoms with Gasteiger partial charge in [-0.3, -0.25) is 0 Å². The van der Waals surface area contributed by atoms with Crippen LogP contribution in [0.25, 0.3) is 74.4 Å². The Kier molecular flexibility index (Phi) is 5.91. The molecule has 0 spiro atoms. The number of hydrogen-bond donors (Lipinski definition) is 0. The lowest BCUT2D eigenvalue weighted by Crippen LogP contribution is -2.25. The summed E-state index contributed by atoms with van der Waals surface area (Å²) in [5.74, 6) is 0. The molecule has 0 bridgehead atoms. The van der Waals surface area contributed by atoms with Crippen molar-refractivity contribution in [1.29, 1.82) is 0 Å². The van der Waals surface area contributed by atoms with Crippen molar-refractivity contribution in [3.05, 3.63) is 120 Å². The Balaban J connectivity index is 1.51. The van der Waals surface area contributed by atoms with Crippen molar-refractivity contribution in [2.45, 2.75) is 57.8 Å². The molecule has 0 saturated heterocycles. The minimum atomic E-state index is 0.0457. The molecule has 214 valence electrons. The van der Waals surface area contributed by atoms with E-state index in [1.165, 1.54) is 113 Å². The van der Waals surface area contributed by atoms with Crippen molar-refractivity contribution in [1.82, 2.24) is 0 Å². The van der Waals surface area contributed by atoms with E-state index in [1.54, 1.807) is 11.1 Å². The molecule has 0 amide bonds. The molecule has 0 fully saturated rings. The van der Waals surface area contributed by atoms with Crippen molar-refractivity contribution in [2.24, 2.45) is 0 Å². The van der Waals surface area contributed by atoms with Gasteiger partial charge in [-0.2, -0.15) is 0 Å². The van der Waals surface area contributed by atoms with E-state index in [0.29, 0.717) is 0 Å². The molecule has 0 N–H and O–H groups in total. The zero-order valence-electron chi connectivity index (χ0n) is 25.5. The van der Waals surface area contributed by atoms with E-state index in [-0.39, 0.29) is 5.41 Å². The highest BCUT2D eigenvalue weighted by atomic mass is 32.1. The predicted molar refractivity (Wildman–Crippen MR) is 195 cm³/mol. The second-order valence-electron chi connectivity index (χ2n) is 12.9. The lowest BCUT2D eigenvalue weighted by Gasteiger charge is -2.33. The molecule has 1 aromatic heterocycles. The van der Waals surface area contributed by atoms with Crippen molar-refractivity contribution >= 4 is 74.6 Å². The number of hydrogen-bond acceptors (Lipinski definition) is 1. The second-order valence-corrected chi connectivity index (χ2v) is 14.0. The summed E-state index contributed by atoms with van der Waals surface area (Å²) in [6.45, 7) is 4.70. The van der Waals surface area contributed by atoms with Crippen LogP contribution in [0, 0.1) is 0 Å². The highest BCUT2D eigenvalue weighted by Gasteiger charge is 2.43. The van der Waals surface area contributed by atoms with Gasteiger partial charge in [0.15, 0.2) is 0 Å². The highest BCUT2D eigenvalue weighted by Crippen LogP contribution is 2.59. The average molecular weight is 585 g/mol. The van der Waals surface area contributed by atoms with Crippen LogP contribution in [0.15, 0.2) is 109 Å². The summed E-state index contributed by atoms with van der Waals surface area (Å²) in [7, 11) is 0. The molecule has 0 radical (unpaired) electrons. The Morgan fingerprint density at radius 1 is 0.500 bits per heavy atom. The van der Waals surface area contributed by atoms with Gasteiger partial charge in [0.2, 0.25) is 0 Å². The molecule has 0 unspecified atom stereocenters. The Morgan fingerprint density at radius 2 is 1.16 bits per heavy atom. The summed E-state index contributed by atoms with van der Waals surface area (Å²) in [5.41, 5.74) is 6.15. The van der Waals surface area contributed by atoms with Gasteiger partial charge in [0, 0.05) is 25.6 Å². The summed E-state index contributed by atoms with van der Waals surface area (Å²) in [4.78, 5) is 0. The first-order valence-corrected chi connectivity index (χ1v) is 17.3. The van der Waals surface area contributed by atoms with Gasteiger partial charge in [-0.05, 0) is 96.4 Å². The van der Waals surface area contributed by atoms with Gasteiger partial charge in [0.05, 0.1) is 0 Å². The summed E-state index contributed by atoms with van der Waals surface area (Å²) in [6.07, 6.45) is 7.34. The quantitative estimate of drug-likeness (QED) is 0.171. The van der Waals surface area contributed by atoms with Gasteiger partial charge in [-0.1, -0.05) is 131 Å². The number of thiophene rings is 1. The first-order valence-electron chi connectivity index (χ1n) is 16.5. The van der Waals surface area contributed by atoms with Crippen LogP contribution in [0.1, 0.15) is 63.5 Å². The third kappa shape index (κ3) is 3.51. The number of fused-ring (bicyclic) bond motifs is 15. The monoisotopic (exact) mass is 584 g/mol. The molecule has 1 heteroatoms. The molecule has 1 heterocycles. The van der Waals surface area contributed by atoms with Gasteiger partial charge in [-0.15, -0.1) is 11.3 Å².